The summed E-state index contributed by atoms with van der Waals surface area (Å²) < 4.78 is 0. The lowest BCUT2D eigenvalue weighted by atomic mass is 10.2. The highest BCUT2D eigenvalue weighted by Gasteiger charge is 1.93. The van der Waals surface area contributed by atoms with Crippen molar-refractivity contribution in [3.63, 3.8) is 0 Å². The number of pyridine rings is 1. The summed E-state index contributed by atoms with van der Waals surface area (Å²) in [5.74, 6) is 0. The Kier molecular flexibility index (Phi) is 5.98. The van der Waals surface area contributed by atoms with Crippen molar-refractivity contribution in [2.45, 2.75) is 6.42 Å². The van der Waals surface area contributed by atoms with Gasteiger partial charge in [0, 0.05) is 12.7 Å². The minimum Gasteiger partial charge on any atom is -0.373 e. The van der Waals surface area contributed by atoms with Crippen molar-refractivity contribution in [2.24, 2.45) is 0 Å². The van der Waals surface area contributed by atoms with E-state index in [2.05, 4.69) is 15.6 Å². The highest BCUT2D eigenvalue weighted by molar-refractivity contribution is 6.29. The zero-order chi connectivity index (χ0) is 12.5. The average molecular weight is 257 g/mol. The van der Waals surface area contributed by atoms with Crippen LogP contribution in [0.15, 0.2) is 30.7 Å². The highest BCUT2D eigenvalue weighted by Crippen LogP contribution is 2.04. The van der Waals surface area contributed by atoms with Crippen LogP contribution in [0.5, 0.6) is 0 Å². The third kappa shape index (κ3) is 6.49. The van der Waals surface area contributed by atoms with E-state index in [1.165, 1.54) is 6.20 Å². The van der Waals surface area contributed by atoms with Gasteiger partial charge in [0.1, 0.15) is 5.15 Å². The Balaban J connectivity index is 2.08. The Morgan fingerprint density at radius 1 is 1.53 bits per heavy atom. The molecule has 0 saturated carbocycles. The first-order valence-electron chi connectivity index (χ1n) is 5.03. The molecule has 0 aromatic carbocycles. The second-order valence-electron chi connectivity index (χ2n) is 3.22. The topological polar surface area (TPSA) is 80.1 Å². The van der Waals surface area contributed by atoms with Crippen molar-refractivity contribution in [3.8, 4) is 0 Å². The van der Waals surface area contributed by atoms with E-state index >= 15 is 0 Å². The number of nitrogens with zero attached hydrogens (tertiary/aromatic N) is 2. The first kappa shape index (κ1) is 13.4. The molecule has 6 nitrogen and oxygen atoms in total. The standard InChI is InChI=1S/C10H13ClN4O2/c11-10-2-1-9(7-14-10)3-4-12-8-13-5-6-15(16)17/h1-2,5-7,12-13H,3-4,8H2/b6-5+. The largest absolute Gasteiger partial charge is 0.373 e. The van der Waals surface area contributed by atoms with Gasteiger partial charge in [-0.3, -0.25) is 15.4 Å². The van der Waals surface area contributed by atoms with E-state index in [0.29, 0.717) is 11.8 Å². The molecule has 0 unspecified atom stereocenters. The predicted octanol–water partition coefficient (Wildman–Crippen LogP) is 1.16. The maximum Gasteiger partial charge on any atom is 0.249 e. The first-order valence-corrected chi connectivity index (χ1v) is 5.41. The molecule has 1 heterocycles. The summed E-state index contributed by atoms with van der Waals surface area (Å²) >= 11 is 5.66. The minimum atomic E-state index is -0.521. The summed E-state index contributed by atoms with van der Waals surface area (Å²) in [6.45, 7) is 1.23. The molecule has 92 valence electrons. The third-order valence-electron chi connectivity index (χ3n) is 1.92. The summed E-state index contributed by atoms with van der Waals surface area (Å²) in [5, 5.41) is 16.2. The Hall–Kier alpha value is -1.66. The van der Waals surface area contributed by atoms with Gasteiger partial charge in [0.2, 0.25) is 6.20 Å². The van der Waals surface area contributed by atoms with Crippen molar-refractivity contribution >= 4 is 11.6 Å². The molecule has 0 fully saturated rings. The van der Waals surface area contributed by atoms with Gasteiger partial charge in [-0.1, -0.05) is 17.7 Å². The lowest BCUT2D eigenvalue weighted by Crippen LogP contribution is -2.27. The van der Waals surface area contributed by atoms with E-state index in [-0.39, 0.29) is 0 Å². The van der Waals surface area contributed by atoms with E-state index in [1.807, 2.05) is 6.07 Å². The maximum absolute atomic E-state index is 9.94. The predicted molar refractivity (Wildman–Crippen MR) is 65.1 cm³/mol. The van der Waals surface area contributed by atoms with Crippen LogP contribution in [0.25, 0.3) is 0 Å². The molecule has 1 aromatic heterocycles. The summed E-state index contributed by atoms with van der Waals surface area (Å²) in [6, 6.07) is 3.66. The molecular formula is C10H13ClN4O2. The SMILES string of the molecule is O=[N+]([O-])/C=C/NCNCCc1ccc(Cl)nc1. The number of hydrogen-bond acceptors (Lipinski definition) is 5. The number of nitro groups is 1. The molecule has 0 amide bonds. The second kappa shape index (κ2) is 7.59. The number of aromatic nitrogens is 1. The van der Waals surface area contributed by atoms with Crippen LogP contribution < -0.4 is 10.6 Å². The van der Waals surface area contributed by atoms with E-state index < -0.39 is 4.92 Å². The summed E-state index contributed by atoms with van der Waals surface area (Å²) in [5.41, 5.74) is 1.09. The Labute approximate surface area is 104 Å². The molecule has 0 aliphatic rings. The lowest BCUT2D eigenvalue weighted by Gasteiger charge is -2.04. The van der Waals surface area contributed by atoms with E-state index in [0.717, 1.165) is 24.7 Å². The first-order chi connectivity index (χ1) is 8.18. The fraction of sp³-hybridized carbons (Fsp3) is 0.300. The van der Waals surface area contributed by atoms with Crippen LogP contribution in [0.1, 0.15) is 5.56 Å². The van der Waals surface area contributed by atoms with Crippen LogP contribution in [0.2, 0.25) is 5.15 Å². The zero-order valence-electron chi connectivity index (χ0n) is 9.10. The van der Waals surface area contributed by atoms with Gasteiger partial charge in [-0.05, 0) is 18.1 Å². The molecule has 1 rings (SSSR count). The zero-order valence-corrected chi connectivity index (χ0v) is 9.85. The maximum atomic E-state index is 9.94. The normalized spacial score (nSPS) is 10.6. The van der Waals surface area contributed by atoms with Crippen LogP contribution in [0, 0.1) is 10.1 Å². The fourth-order valence-corrected chi connectivity index (χ4v) is 1.23. The van der Waals surface area contributed by atoms with Crippen molar-refractivity contribution in [3.05, 3.63) is 51.6 Å². The van der Waals surface area contributed by atoms with Gasteiger partial charge in [-0.15, -0.1) is 0 Å². The van der Waals surface area contributed by atoms with Crippen molar-refractivity contribution < 1.29 is 4.92 Å². The van der Waals surface area contributed by atoms with Gasteiger partial charge in [0.15, 0.2) is 0 Å². The molecule has 0 aliphatic carbocycles. The molecule has 0 atom stereocenters. The monoisotopic (exact) mass is 256 g/mol. The van der Waals surface area contributed by atoms with Crippen LogP contribution in [0.3, 0.4) is 0 Å². The molecule has 0 saturated heterocycles. The Morgan fingerprint density at radius 3 is 3.00 bits per heavy atom. The van der Waals surface area contributed by atoms with Gasteiger partial charge in [-0.2, -0.15) is 0 Å². The van der Waals surface area contributed by atoms with Crippen LogP contribution in [-0.2, 0) is 6.42 Å². The van der Waals surface area contributed by atoms with Gasteiger partial charge < -0.3 is 5.32 Å². The lowest BCUT2D eigenvalue weighted by molar-refractivity contribution is -0.402. The van der Waals surface area contributed by atoms with E-state index in [1.54, 1.807) is 12.3 Å². The number of nitrogens with one attached hydrogen (secondary N) is 2. The van der Waals surface area contributed by atoms with Crippen LogP contribution >= 0.6 is 11.6 Å². The van der Waals surface area contributed by atoms with Crippen LogP contribution in [-0.4, -0.2) is 23.1 Å². The minimum absolute atomic E-state index is 0.478. The molecule has 2 N–H and O–H groups in total. The van der Waals surface area contributed by atoms with Crippen LogP contribution in [0.4, 0.5) is 0 Å². The van der Waals surface area contributed by atoms with Crippen molar-refractivity contribution in [1.82, 2.24) is 15.6 Å². The number of halogens is 1. The molecular weight excluding hydrogens is 244 g/mol. The van der Waals surface area contributed by atoms with Gasteiger partial charge in [0.25, 0.3) is 0 Å². The molecule has 0 spiro atoms. The van der Waals surface area contributed by atoms with Gasteiger partial charge in [0.05, 0.1) is 17.8 Å². The summed E-state index contributed by atoms with van der Waals surface area (Å²) in [6.07, 6.45) is 4.69. The smallest absolute Gasteiger partial charge is 0.249 e. The van der Waals surface area contributed by atoms with E-state index in [4.69, 9.17) is 11.6 Å². The van der Waals surface area contributed by atoms with Gasteiger partial charge >= 0.3 is 0 Å². The van der Waals surface area contributed by atoms with E-state index in [9.17, 15) is 10.1 Å². The molecule has 0 bridgehead atoms. The summed E-state index contributed by atoms with van der Waals surface area (Å²) in [4.78, 5) is 13.4. The fourth-order valence-electron chi connectivity index (χ4n) is 1.12. The highest BCUT2D eigenvalue weighted by atomic mass is 35.5. The third-order valence-corrected chi connectivity index (χ3v) is 2.14. The molecule has 0 radical (unpaired) electrons. The average Bonchev–Trinajstić information content (AvgIpc) is 2.30. The van der Waals surface area contributed by atoms with Crippen molar-refractivity contribution in [1.29, 1.82) is 0 Å². The molecule has 7 heteroatoms. The molecule has 1 aromatic rings. The van der Waals surface area contributed by atoms with Gasteiger partial charge in [-0.25, -0.2) is 4.98 Å². The van der Waals surface area contributed by atoms with Crippen molar-refractivity contribution in [2.75, 3.05) is 13.2 Å². The second-order valence-corrected chi connectivity index (χ2v) is 3.61. The Morgan fingerprint density at radius 2 is 2.35 bits per heavy atom. The quantitative estimate of drug-likeness (QED) is 0.252. The Bertz CT molecular complexity index is 380. The number of rotatable bonds is 7. The number of hydrogen-bond donors (Lipinski definition) is 2. The summed E-state index contributed by atoms with van der Waals surface area (Å²) in [7, 11) is 0. The molecule has 0 aliphatic heterocycles. The molecule has 17 heavy (non-hydrogen) atoms.